The second-order valence-electron chi connectivity index (χ2n) is 10.7. The van der Waals surface area contributed by atoms with Gasteiger partial charge in [-0.1, -0.05) is 30.3 Å². The molecule has 4 fully saturated rings. The molecule has 0 spiro atoms. The predicted molar refractivity (Wildman–Crippen MR) is 133 cm³/mol. The summed E-state index contributed by atoms with van der Waals surface area (Å²) >= 11 is 0. The molecule has 4 saturated carbocycles. The van der Waals surface area contributed by atoms with Gasteiger partial charge in [-0.2, -0.15) is 10.4 Å². The standard InChI is InChI=1S/C29H27N5/c30-17-22(28-31-25-8-4-5-9-26(25)32-28)13-23-18-34(24-6-2-1-3-7-24)33-27(23)29-14-19-10-20(15-29)12-21(11-19)16-29/h1-9,13,18-21H,10-12,14-16H2,(H,31,32)/b22-13-. The van der Waals surface area contributed by atoms with Crippen LogP contribution in [0.15, 0.2) is 60.8 Å². The van der Waals surface area contributed by atoms with Crippen molar-refractivity contribution in [2.45, 2.75) is 43.9 Å². The zero-order valence-corrected chi connectivity index (χ0v) is 19.1. The van der Waals surface area contributed by atoms with Crippen molar-refractivity contribution in [3.05, 3.63) is 77.9 Å². The molecule has 8 rings (SSSR count). The van der Waals surface area contributed by atoms with Crippen LogP contribution in [0.5, 0.6) is 0 Å². The van der Waals surface area contributed by atoms with Crippen LogP contribution in [0.4, 0.5) is 0 Å². The van der Waals surface area contributed by atoms with Crippen LogP contribution in [0.25, 0.3) is 28.4 Å². The maximum absolute atomic E-state index is 10.1. The molecule has 0 unspecified atom stereocenters. The van der Waals surface area contributed by atoms with Crippen LogP contribution >= 0.6 is 0 Å². The molecule has 0 amide bonds. The van der Waals surface area contributed by atoms with E-state index in [0.29, 0.717) is 11.4 Å². The van der Waals surface area contributed by atoms with E-state index in [2.05, 4.69) is 29.4 Å². The highest BCUT2D eigenvalue weighted by atomic mass is 15.3. The van der Waals surface area contributed by atoms with Gasteiger partial charge >= 0.3 is 0 Å². The van der Waals surface area contributed by atoms with Gasteiger partial charge in [0.25, 0.3) is 0 Å². The largest absolute Gasteiger partial charge is 0.337 e. The molecule has 0 radical (unpaired) electrons. The van der Waals surface area contributed by atoms with Crippen LogP contribution in [0.3, 0.4) is 0 Å². The number of hydrogen-bond donors (Lipinski definition) is 1. The Morgan fingerprint density at radius 1 is 0.971 bits per heavy atom. The monoisotopic (exact) mass is 445 g/mol. The minimum Gasteiger partial charge on any atom is -0.337 e. The number of nitriles is 1. The molecule has 5 nitrogen and oxygen atoms in total. The number of benzene rings is 2. The van der Waals surface area contributed by atoms with Gasteiger partial charge in [0.05, 0.1) is 28.0 Å². The summed E-state index contributed by atoms with van der Waals surface area (Å²) < 4.78 is 2.01. The molecule has 5 heteroatoms. The van der Waals surface area contributed by atoms with Gasteiger partial charge in [-0.3, -0.25) is 0 Å². The van der Waals surface area contributed by atoms with Crippen molar-refractivity contribution in [3.63, 3.8) is 0 Å². The number of para-hydroxylation sites is 3. The summed E-state index contributed by atoms with van der Waals surface area (Å²) in [5.41, 5.74) is 5.79. The average Bonchev–Trinajstić information content (AvgIpc) is 3.47. The summed E-state index contributed by atoms with van der Waals surface area (Å²) in [4.78, 5) is 8.02. The Hall–Kier alpha value is -3.65. The first-order chi connectivity index (χ1) is 16.7. The number of hydrogen-bond acceptors (Lipinski definition) is 3. The van der Waals surface area contributed by atoms with Gasteiger partial charge in [0.2, 0.25) is 0 Å². The maximum atomic E-state index is 10.1. The fourth-order valence-corrected chi connectivity index (χ4v) is 7.41. The topological polar surface area (TPSA) is 70.3 Å². The number of H-pyrrole nitrogens is 1. The Morgan fingerprint density at radius 3 is 2.32 bits per heavy atom. The Kier molecular flexibility index (Phi) is 4.32. The fourth-order valence-electron chi connectivity index (χ4n) is 7.41. The van der Waals surface area contributed by atoms with Crippen molar-refractivity contribution >= 4 is 22.7 Å². The molecule has 0 atom stereocenters. The van der Waals surface area contributed by atoms with Crippen LogP contribution < -0.4 is 0 Å². The van der Waals surface area contributed by atoms with Crippen LogP contribution in [0.2, 0.25) is 0 Å². The molecular formula is C29H27N5. The van der Waals surface area contributed by atoms with Crippen LogP contribution in [-0.2, 0) is 5.41 Å². The molecule has 4 aromatic rings. The van der Waals surface area contributed by atoms with Gasteiger partial charge in [0.15, 0.2) is 0 Å². The van der Waals surface area contributed by atoms with E-state index in [0.717, 1.165) is 40.0 Å². The molecule has 0 aliphatic heterocycles. The lowest BCUT2D eigenvalue weighted by molar-refractivity contribution is -0.00742. The number of fused-ring (bicyclic) bond motifs is 1. The van der Waals surface area contributed by atoms with Crippen LogP contribution in [0.1, 0.15) is 55.6 Å². The molecular weight excluding hydrogens is 418 g/mol. The first kappa shape index (κ1) is 19.8. The fraction of sp³-hybridized carbons (Fsp3) is 0.345. The molecule has 0 saturated heterocycles. The smallest absolute Gasteiger partial charge is 0.149 e. The Labute approximate surface area is 199 Å². The number of allylic oxidation sites excluding steroid dienone is 1. The zero-order chi connectivity index (χ0) is 22.7. The average molecular weight is 446 g/mol. The lowest BCUT2D eigenvalue weighted by Gasteiger charge is -2.56. The van der Waals surface area contributed by atoms with Gasteiger partial charge in [0.1, 0.15) is 11.9 Å². The van der Waals surface area contributed by atoms with Crippen molar-refractivity contribution in [3.8, 4) is 11.8 Å². The number of imidazole rings is 1. The second kappa shape index (κ2) is 7.43. The van der Waals surface area contributed by atoms with Crippen molar-refractivity contribution in [2.24, 2.45) is 17.8 Å². The van der Waals surface area contributed by atoms with Gasteiger partial charge in [-0.05, 0) is 86.6 Å². The summed E-state index contributed by atoms with van der Waals surface area (Å²) in [6, 6.07) is 20.6. The molecule has 4 aliphatic carbocycles. The van der Waals surface area contributed by atoms with E-state index in [1.54, 1.807) is 0 Å². The third kappa shape index (κ3) is 3.13. The Morgan fingerprint density at radius 2 is 1.65 bits per heavy atom. The number of nitrogens with zero attached hydrogens (tertiary/aromatic N) is 4. The summed E-state index contributed by atoms with van der Waals surface area (Å²) in [5, 5.41) is 15.3. The maximum Gasteiger partial charge on any atom is 0.149 e. The van der Waals surface area contributed by atoms with Gasteiger partial charge in [-0.15, -0.1) is 0 Å². The molecule has 4 aliphatic rings. The van der Waals surface area contributed by atoms with Gasteiger partial charge < -0.3 is 4.98 Å². The SMILES string of the molecule is N#C/C(=C/c1cn(-c2ccccc2)nc1C12CC3CC(CC(C3)C1)C2)c1nc2ccccc2[nH]1. The highest BCUT2D eigenvalue weighted by molar-refractivity contribution is 5.90. The minimum atomic E-state index is 0.134. The first-order valence-electron chi connectivity index (χ1n) is 12.4. The molecule has 2 heterocycles. The summed E-state index contributed by atoms with van der Waals surface area (Å²) in [7, 11) is 0. The molecule has 168 valence electrons. The lowest BCUT2D eigenvalue weighted by atomic mass is 9.48. The normalized spacial score (nSPS) is 27.9. The lowest BCUT2D eigenvalue weighted by Crippen LogP contribution is -2.49. The highest BCUT2D eigenvalue weighted by Crippen LogP contribution is 2.61. The van der Waals surface area contributed by atoms with E-state index in [4.69, 9.17) is 10.1 Å². The van der Waals surface area contributed by atoms with E-state index in [9.17, 15) is 5.26 Å². The highest BCUT2D eigenvalue weighted by Gasteiger charge is 2.53. The third-order valence-electron chi connectivity index (χ3n) is 8.37. The van der Waals surface area contributed by atoms with E-state index < -0.39 is 0 Å². The predicted octanol–water partition coefficient (Wildman–Crippen LogP) is 6.28. The summed E-state index contributed by atoms with van der Waals surface area (Å²) in [6.45, 7) is 0. The van der Waals surface area contributed by atoms with Crippen molar-refractivity contribution in [1.29, 1.82) is 5.26 Å². The van der Waals surface area contributed by atoms with E-state index in [1.807, 2.05) is 53.2 Å². The number of aromatic amines is 1. The molecule has 4 bridgehead atoms. The molecule has 1 N–H and O–H groups in total. The van der Waals surface area contributed by atoms with Crippen molar-refractivity contribution in [2.75, 3.05) is 0 Å². The van der Waals surface area contributed by atoms with Crippen molar-refractivity contribution in [1.82, 2.24) is 19.7 Å². The van der Waals surface area contributed by atoms with Crippen LogP contribution in [0, 0.1) is 29.1 Å². The van der Waals surface area contributed by atoms with E-state index >= 15 is 0 Å². The summed E-state index contributed by atoms with van der Waals surface area (Å²) in [6.07, 6.45) is 12.0. The van der Waals surface area contributed by atoms with E-state index in [-0.39, 0.29) is 5.41 Å². The van der Waals surface area contributed by atoms with Gasteiger partial charge in [-0.25, -0.2) is 9.67 Å². The number of aromatic nitrogens is 4. The minimum absolute atomic E-state index is 0.134. The third-order valence-corrected chi connectivity index (χ3v) is 8.37. The number of nitrogens with one attached hydrogen (secondary N) is 1. The molecule has 2 aromatic carbocycles. The zero-order valence-electron chi connectivity index (χ0n) is 19.1. The van der Waals surface area contributed by atoms with E-state index in [1.165, 1.54) is 44.2 Å². The quantitative estimate of drug-likeness (QED) is 0.376. The summed E-state index contributed by atoms with van der Waals surface area (Å²) in [5.74, 6) is 3.11. The van der Waals surface area contributed by atoms with Gasteiger partial charge in [0, 0.05) is 17.2 Å². The molecule has 34 heavy (non-hydrogen) atoms. The number of rotatable bonds is 4. The van der Waals surface area contributed by atoms with Crippen molar-refractivity contribution < 1.29 is 0 Å². The second-order valence-corrected chi connectivity index (χ2v) is 10.7. The van der Waals surface area contributed by atoms with Crippen LogP contribution in [-0.4, -0.2) is 19.7 Å². The first-order valence-corrected chi connectivity index (χ1v) is 12.4. The molecule has 2 aromatic heterocycles. The Bertz CT molecular complexity index is 1380. The Balaban J connectivity index is 1.38.